The van der Waals surface area contributed by atoms with E-state index in [1.807, 2.05) is 26.3 Å². The van der Waals surface area contributed by atoms with Gasteiger partial charge in [0.25, 0.3) is 5.91 Å². The Morgan fingerprint density at radius 3 is 2.67 bits per heavy atom. The number of nitrogens with one attached hydrogen (secondary N) is 1. The number of halogens is 2. The third-order valence-electron chi connectivity index (χ3n) is 3.83. The quantitative estimate of drug-likeness (QED) is 0.668. The first-order valence-electron chi connectivity index (χ1n) is 7.08. The van der Waals surface area contributed by atoms with Crippen molar-refractivity contribution in [3.8, 4) is 11.3 Å². The van der Waals surface area contributed by atoms with E-state index in [1.165, 1.54) is 23.6 Å². The fraction of sp³-hybridized carbons (Fsp3) is 0.188. The minimum Gasteiger partial charge on any atom is -0.351 e. The zero-order valence-electron chi connectivity index (χ0n) is 13.2. The standard InChI is InChI=1S/C16H14Cl2N4OS/c1-8-4-11(9(2)22(8)3)13-7-24-16(20-13)21-15(23)10-5-12(17)14(18)19-6-10/h4-7H,1-3H3,(H,20,21,23). The Kier molecular flexibility index (Phi) is 4.62. The topological polar surface area (TPSA) is 59.8 Å². The van der Waals surface area contributed by atoms with E-state index in [-0.39, 0.29) is 16.1 Å². The average molecular weight is 381 g/mol. The molecule has 0 aliphatic rings. The summed E-state index contributed by atoms with van der Waals surface area (Å²) in [5.74, 6) is -0.331. The molecule has 0 fully saturated rings. The van der Waals surface area contributed by atoms with E-state index in [9.17, 15) is 4.79 Å². The highest BCUT2D eigenvalue weighted by Crippen LogP contribution is 2.29. The van der Waals surface area contributed by atoms with Gasteiger partial charge in [0.2, 0.25) is 0 Å². The molecule has 124 valence electrons. The molecule has 8 heteroatoms. The Labute approximate surface area is 153 Å². The van der Waals surface area contributed by atoms with Gasteiger partial charge in [0.1, 0.15) is 5.15 Å². The number of anilines is 1. The van der Waals surface area contributed by atoms with Gasteiger partial charge in [-0.15, -0.1) is 11.3 Å². The Hall–Kier alpha value is -1.89. The molecule has 0 aromatic carbocycles. The predicted molar refractivity (Wildman–Crippen MR) is 98.2 cm³/mol. The molecule has 5 nitrogen and oxygen atoms in total. The number of carbonyl (C=O) groups excluding carboxylic acids is 1. The van der Waals surface area contributed by atoms with Crippen molar-refractivity contribution in [2.24, 2.45) is 7.05 Å². The molecule has 0 bridgehead atoms. The lowest BCUT2D eigenvalue weighted by Gasteiger charge is -2.02. The van der Waals surface area contributed by atoms with E-state index in [1.54, 1.807) is 0 Å². The summed E-state index contributed by atoms with van der Waals surface area (Å²) in [7, 11) is 2.01. The minimum absolute atomic E-state index is 0.166. The van der Waals surface area contributed by atoms with Gasteiger partial charge in [-0.25, -0.2) is 9.97 Å². The van der Waals surface area contributed by atoms with Crippen molar-refractivity contribution < 1.29 is 4.79 Å². The van der Waals surface area contributed by atoms with Crippen molar-refractivity contribution in [2.75, 3.05) is 5.32 Å². The molecule has 0 spiro atoms. The van der Waals surface area contributed by atoms with Crippen LogP contribution < -0.4 is 5.32 Å². The van der Waals surface area contributed by atoms with Gasteiger partial charge in [0.15, 0.2) is 5.13 Å². The molecule has 24 heavy (non-hydrogen) atoms. The Bertz CT molecular complexity index is 932. The molecule has 3 aromatic rings. The van der Waals surface area contributed by atoms with Gasteiger partial charge in [0, 0.05) is 35.6 Å². The van der Waals surface area contributed by atoms with E-state index < -0.39 is 0 Å². The van der Waals surface area contributed by atoms with Gasteiger partial charge in [-0.05, 0) is 26.0 Å². The van der Waals surface area contributed by atoms with Crippen LogP contribution in [-0.4, -0.2) is 20.4 Å². The maximum absolute atomic E-state index is 12.3. The van der Waals surface area contributed by atoms with Gasteiger partial charge in [-0.2, -0.15) is 0 Å². The van der Waals surface area contributed by atoms with E-state index in [2.05, 4.69) is 25.9 Å². The second kappa shape index (κ2) is 6.55. The van der Waals surface area contributed by atoms with E-state index >= 15 is 0 Å². The summed E-state index contributed by atoms with van der Waals surface area (Å²) in [5.41, 5.74) is 4.51. The lowest BCUT2D eigenvalue weighted by molar-refractivity contribution is 0.102. The Morgan fingerprint density at radius 2 is 2.04 bits per heavy atom. The third kappa shape index (κ3) is 3.17. The van der Waals surface area contributed by atoms with Gasteiger partial charge in [-0.3, -0.25) is 10.1 Å². The molecule has 0 unspecified atom stereocenters. The maximum Gasteiger partial charge on any atom is 0.259 e. The molecule has 3 rings (SSSR count). The summed E-state index contributed by atoms with van der Waals surface area (Å²) in [6.45, 7) is 4.09. The molecule has 1 amide bonds. The second-order valence-electron chi connectivity index (χ2n) is 5.33. The fourth-order valence-electron chi connectivity index (χ4n) is 2.28. The van der Waals surface area contributed by atoms with Crippen LogP contribution in [0, 0.1) is 13.8 Å². The summed E-state index contributed by atoms with van der Waals surface area (Å²) < 4.78 is 2.11. The monoisotopic (exact) mass is 380 g/mol. The average Bonchev–Trinajstić information content (AvgIpc) is 3.10. The molecule has 0 aliphatic heterocycles. The minimum atomic E-state index is -0.331. The number of carbonyl (C=O) groups is 1. The molecular formula is C16H14Cl2N4OS. The highest BCUT2D eigenvalue weighted by atomic mass is 35.5. The fourth-order valence-corrected chi connectivity index (χ4v) is 3.26. The number of hydrogen-bond donors (Lipinski definition) is 1. The van der Waals surface area contributed by atoms with Crippen molar-refractivity contribution in [3.63, 3.8) is 0 Å². The first-order valence-corrected chi connectivity index (χ1v) is 8.71. The van der Waals surface area contributed by atoms with Crippen LogP contribution in [0.2, 0.25) is 10.2 Å². The van der Waals surface area contributed by atoms with Crippen LogP contribution in [0.25, 0.3) is 11.3 Å². The first-order chi connectivity index (χ1) is 11.4. The highest BCUT2D eigenvalue weighted by Gasteiger charge is 2.14. The summed E-state index contributed by atoms with van der Waals surface area (Å²) in [5, 5.41) is 5.59. The van der Waals surface area contributed by atoms with E-state index in [0.29, 0.717) is 10.7 Å². The number of aryl methyl sites for hydroxylation is 1. The molecule has 3 aromatic heterocycles. The Balaban J connectivity index is 1.82. The summed E-state index contributed by atoms with van der Waals surface area (Å²) in [4.78, 5) is 20.6. The van der Waals surface area contributed by atoms with Crippen molar-refractivity contribution in [2.45, 2.75) is 13.8 Å². The predicted octanol–water partition coefficient (Wildman–Crippen LogP) is 4.72. The maximum atomic E-state index is 12.3. The third-order valence-corrected chi connectivity index (χ3v) is 5.28. The first kappa shape index (κ1) is 17.0. The number of nitrogens with zero attached hydrogens (tertiary/aromatic N) is 3. The molecule has 3 heterocycles. The molecule has 1 N–H and O–H groups in total. The normalized spacial score (nSPS) is 10.9. The summed E-state index contributed by atoms with van der Waals surface area (Å²) in [6, 6.07) is 3.56. The van der Waals surface area contributed by atoms with Crippen LogP contribution in [0.15, 0.2) is 23.7 Å². The van der Waals surface area contributed by atoms with E-state index in [0.717, 1.165) is 22.6 Å². The number of hydrogen-bond acceptors (Lipinski definition) is 4. The number of aromatic nitrogens is 3. The molecule has 0 aliphatic carbocycles. The summed E-state index contributed by atoms with van der Waals surface area (Å²) >= 11 is 13.0. The number of thiazole rings is 1. The SMILES string of the molecule is Cc1cc(-c2csc(NC(=O)c3cnc(Cl)c(Cl)c3)n2)c(C)n1C. The number of rotatable bonds is 3. The van der Waals surface area contributed by atoms with Crippen LogP contribution in [0.4, 0.5) is 5.13 Å². The smallest absolute Gasteiger partial charge is 0.259 e. The number of amides is 1. The van der Waals surface area contributed by atoms with Crippen LogP contribution in [0.3, 0.4) is 0 Å². The van der Waals surface area contributed by atoms with Crippen molar-refractivity contribution >= 4 is 45.6 Å². The highest BCUT2D eigenvalue weighted by molar-refractivity contribution is 7.14. The molecule has 0 saturated carbocycles. The lowest BCUT2D eigenvalue weighted by Crippen LogP contribution is -2.12. The van der Waals surface area contributed by atoms with Crippen LogP contribution in [0.1, 0.15) is 21.7 Å². The van der Waals surface area contributed by atoms with E-state index in [4.69, 9.17) is 23.2 Å². The van der Waals surface area contributed by atoms with Gasteiger partial charge in [0.05, 0.1) is 16.3 Å². The van der Waals surface area contributed by atoms with Crippen molar-refractivity contribution in [1.82, 2.24) is 14.5 Å². The van der Waals surface area contributed by atoms with Crippen LogP contribution in [0.5, 0.6) is 0 Å². The zero-order chi connectivity index (χ0) is 17.4. The number of pyridine rings is 1. The Morgan fingerprint density at radius 1 is 1.29 bits per heavy atom. The van der Waals surface area contributed by atoms with Crippen LogP contribution >= 0.6 is 34.5 Å². The van der Waals surface area contributed by atoms with Gasteiger partial charge in [-0.1, -0.05) is 23.2 Å². The van der Waals surface area contributed by atoms with Crippen molar-refractivity contribution in [3.05, 3.63) is 50.8 Å². The second-order valence-corrected chi connectivity index (χ2v) is 6.96. The lowest BCUT2D eigenvalue weighted by atomic mass is 10.2. The van der Waals surface area contributed by atoms with Gasteiger partial charge < -0.3 is 4.57 Å². The van der Waals surface area contributed by atoms with Crippen LogP contribution in [-0.2, 0) is 7.05 Å². The van der Waals surface area contributed by atoms with Crippen molar-refractivity contribution in [1.29, 1.82) is 0 Å². The molecule has 0 saturated heterocycles. The molecular weight excluding hydrogens is 367 g/mol. The molecule has 0 atom stereocenters. The van der Waals surface area contributed by atoms with Gasteiger partial charge >= 0.3 is 0 Å². The summed E-state index contributed by atoms with van der Waals surface area (Å²) in [6.07, 6.45) is 1.38. The largest absolute Gasteiger partial charge is 0.351 e. The zero-order valence-corrected chi connectivity index (χ0v) is 15.6. The molecule has 0 radical (unpaired) electrons.